The minimum Gasteiger partial charge on any atom is -0.493 e. The Kier molecular flexibility index (Phi) is 12.8. The van der Waals surface area contributed by atoms with E-state index >= 15 is 0 Å². The average molecular weight is 435 g/mol. The molecule has 0 heterocycles. The van der Waals surface area contributed by atoms with Crippen molar-refractivity contribution in [3.63, 3.8) is 0 Å². The fourth-order valence-corrected chi connectivity index (χ4v) is 1.85. The molecule has 0 bridgehead atoms. The number of halogens is 1. The quantitative estimate of drug-likeness (QED) is 0.271. The highest BCUT2D eigenvalue weighted by Gasteiger charge is 2.01. The molecule has 2 N–H and O–H groups in total. The SMILES string of the molecule is CN=C(NCc1cccc(OCCCOC)c1)NCC(C)C.I. The van der Waals surface area contributed by atoms with Gasteiger partial charge in [-0.3, -0.25) is 4.99 Å². The number of hydrogen-bond acceptors (Lipinski definition) is 3. The summed E-state index contributed by atoms with van der Waals surface area (Å²) in [6.45, 7) is 7.35. The third-order valence-corrected chi connectivity index (χ3v) is 3.02. The lowest BCUT2D eigenvalue weighted by Crippen LogP contribution is -2.38. The molecule has 0 aliphatic rings. The molecule has 1 aromatic rings. The summed E-state index contributed by atoms with van der Waals surface area (Å²) in [6, 6.07) is 8.11. The molecule has 0 aliphatic heterocycles. The van der Waals surface area contributed by atoms with Crippen LogP contribution in [-0.4, -0.2) is 39.9 Å². The van der Waals surface area contributed by atoms with Gasteiger partial charge in [0.2, 0.25) is 0 Å². The highest BCUT2D eigenvalue weighted by molar-refractivity contribution is 14.0. The van der Waals surface area contributed by atoms with Gasteiger partial charge in [0, 0.05) is 40.3 Å². The lowest BCUT2D eigenvalue weighted by atomic mass is 10.2. The van der Waals surface area contributed by atoms with Crippen LogP contribution in [0.2, 0.25) is 0 Å². The number of hydrogen-bond donors (Lipinski definition) is 2. The molecule has 0 aliphatic carbocycles. The Labute approximate surface area is 157 Å². The zero-order valence-electron chi connectivity index (χ0n) is 14.6. The Morgan fingerprint density at radius 2 is 2.00 bits per heavy atom. The number of rotatable bonds is 9. The van der Waals surface area contributed by atoms with Gasteiger partial charge < -0.3 is 20.1 Å². The number of guanidine groups is 1. The van der Waals surface area contributed by atoms with Crippen molar-refractivity contribution in [1.29, 1.82) is 0 Å². The van der Waals surface area contributed by atoms with Gasteiger partial charge in [-0.05, 0) is 23.6 Å². The highest BCUT2D eigenvalue weighted by atomic mass is 127. The van der Waals surface area contributed by atoms with E-state index in [-0.39, 0.29) is 24.0 Å². The summed E-state index contributed by atoms with van der Waals surface area (Å²) in [5, 5.41) is 6.60. The molecule has 0 aromatic heterocycles. The molecule has 132 valence electrons. The maximum atomic E-state index is 5.71. The van der Waals surface area contributed by atoms with E-state index in [1.54, 1.807) is 14.2 Å². The molecule has 6 heteroatoms. The summed E-state index contributed by atoms with van der Waals surface area (Å²) in [6.07, 6.45) is 0.894. The van der Waals surface area contributed by atoms with Crippen molar-refractivity contribution in [2.45, 2.75) is 26.8 Å². The molecule has 0 radical (unpaired) electrons. The molecule has 0 saturated heterocycles. The van der Waals surface area contributed by atoms with E-state index in [1.807, 2.05) is 12.1 Å². The van der Waals surface area contributed by atoms with Gasteiger partial charge in [0.1, 0.15) is 5.75 Å². The second kappa shape index (κ2) is 13.4. The van der Waals surface area contributed by atoms with Crippen molar-refractivity contribution in [1.82, 2.24) is 10.6 Å². The predicted octanol–water partition coefficient (Wildman–Crippen LogP) is 3.04. The Morgan fingerprint density at radius 3 is 2.65 bits per heavy atom. The molecule has 1 aromatic carbocycles. The van der Waals surface area contributed by atoms with Crippen LogP contribution in [0, 0.1) is 5.92 Å². The lowest BCUT2D eigenvalue weighted by molar-refractivity contribution is 0.172. The number of methoxy groups -OCH3 is 1. The predicted molar refractivity (Wildman–Crippen MR) is 107 cm³/mol. The minimum atomic E-state index is 0. The van der Waals surface area contributed by atoms with Crippen molar-refractivity contribution in [2.24, 2.45) is 10.9 Å². The lowest BCUT2D eigenvalue weighted by Gasteiger charge is -2.14. The van der Waals surface area contributed by atoms with Crippen LogP contribution in [0.25, 0.3) is 0 Å². The number of nitrogens with zero attached hydrogens (tertiary/aromatic N) is 1. The van der Waals surface area contributed by atoms with Crippen molar-refractivity contribution >= 4 is 29.9 Å². The maximum Gasteiger partial charge on any atom is 0.191 e. The van der Waals surface area contributed by atoms with E-state index in [9.17, 15) is 0 Å². The van der Waals surface area contributed by atoms with E-state index in [1.165, 1.54) is 0 Å². The number of nitrogens with one attached hydrogen (secondary N) is 2. The summed E-state index contributed by atoms with van der Waals surface area (Å²) in [5.74, 6) is 2.29. The van der Waals surface area contributed by atoms with Crippen LogP contribution in [0.5, 0.6) is 5.75 Å². The molecular formula is C17H30IN3O2. The molecule has 0 amide bonds. The molecule has 1 rings (SSSR count). The summed E-state index contributed by atoms with van der Waals surface area (Å²) in [7, 11) is 3.48. The third-order valence-electron chi connectivity index (χ3n) is 3.02. The number of benzene rings is 1. The number of ether oxygens (including phenoxy) is 2. The standard InChI is InChI=1S/C17H29N3O2.HI/c1-14(2)12-19-17(18-3)20-13-15-7-5-8-16(11-15)22-10-6-9-21-4;/h5,7-8,11,14H,6,9-10,12-13H2,1-4H3,(H2,18,19,20);1H. The van der Waals surface area contributed by atoms with Crippen molar-refractivity contribution in [2.75, 3.05) is 33.9 Å². The Morgan fingerprint density at radius 1 is 1.22 bits per heavy atom. The largest absolute Gasteiger partial charge is 0.493 e. The first-order valence-corrected chi connectivity index (χ1v) is 7.81. The van der Waals surface area contributed by atoms with Gasteiger partial charge in [-0.25, -0.2) is 0 Å². The van der Waals surface area contributed by atoms with E-state index in [0.29, 0.717) is 19.1 Å². The Balaban J connectivity index is 0.00000484. The fraction of sp³-hybridized carbons (Fsp3) is 0.588. The summed E-state index contributed by atoms with van der Waals surface area (Å²) in [5.41, 5.74) is 1.16. The second-order valence-corrected chi connectivity index (χ2v) is 5.54. The molecule has 0 fully saturated rings. The molecule has 0 unspecified atom stereocenters. The smallest absolute Gasteiger partial charge is 0.191 e. The average Bonchev–Trinajstić information content (AvgIpc) is 2.52. The molecule has 0 spiro atoms. The first kappa shape index (κ1) is 22.0. The van der Waals surface area contributed by atoms with E-state index < -0.39 is 0 Å². The van der Waals surface area contributed by atoms with Gasteiger partial charge in [0.15, 0.2) is 5.96 Å². The zero-order valence-corrected chi connectivity index (χ0v) is 16.9. The van der Waals surface area contributed by atoms with Crippen molar-refractivity contribution in [3.8, 4) is 5.75 Å². The Bertz CT molecular complexity index is 453. The summed E-state index contributed by atoms with van der Waals surface area (Å²) < 4.78 is 10.7. The van der Waals surface area contributed by atoms with Crippen LogP contribution in [0.4, 0.5) is 0 Å². The van der Waals surface area contributed by atoms with Crippen molar-refractivity contribution < 1.29 is 9.47 Å². The first-order valence-electron chi connectivity index (χ1n) is 7.81. The van der Waals surface area contributed by atoms with Gasteiger partial charge in [0.25, 0.3) is 0 Å². The molecule has 5 nitrogen and oxygen atoms in total. The van der Waals surface area contributed by atoms with E-state index in [2.05, 4.69) is 41.6 Å². The molecular weight excluding hydrogens is 405 g/mol. The topological polar surface area (TPSA) is 54.9 Å². The minimum absolute atomic E-state index is 0. The monoisotopic (exact) mass is 435 g/mol. The number of aliphatic imine (C=N–C) groups is 1. The van der Waals surface area contributed by atoms with E-state index in [4.69, 9.17) is 9.47 Å². The summed E-state index contributed by atoms with van der Waals surface area (Å²) in [4.78, 5) is 4.22. The van der Waals surface area contributed by atoms with Crippen LogP contribution in [0.1, 0.15) is 25.8 Å². The van der Waals surface area contributed by atoms with Crippen LogP contribution in [0.3, 0.4) is 0 Å². The van der Waals surface area contributed by atoms with Gasteiger partial charge in [-0.15, -0.1) is 24.0 Å². The van der Waals surface area contributed by atoms with Gasteiger partial charge in [0.05, 0.1) is 6.61 Å². The first-order chi connectivity index (χ1) is 10.7. The summed E-state index contributed by atoms with van der Waals surface area (Å²) >= 11 is 0. The Hall–Kier alpha value is -1.02. The third kappa shape index (κ3) is 10.4. The second-order valence-electron chi connectivity index (χ2n) is 5.54. The van der Waals surface area contributed by atoms with Crippen LogP contribution < -0.4 is 15.4 Å². The van der Waals surface area contributed by atoms with Crippen LogP contribution in [-0.2, 0) is 11.3 Å². The molecule has 0 atom stereocenters. The van der Waals surface area contributed by atoms with Crippen LogP contribution >= 0.6 is 24.0 Å². The normalized spacial score (nSPS) is 11.1. The fourth-order valence-electron chi connectivity index (χ4n) is 1.85. The van der Waals surface area contributed by atoms with Gasteiger partial charge in [-0.1, -0.05) is 26.0 Å². The van der Waals surface area contributed by atoms with Crippen LogP contribution in [0.15, 0.2) is 29.3 Å². The van der Waals surface area contributed by atoms with E-state index in [0.717, 1.165) is 36.8 Å². The maximum absolute atomic E-state index is 5.71. The zero-order chi connectivity index (χ0) is 16.2. The highest BCUT2D eigenvalue weighted by Crippen LogP contribution is 2.13. The van der Waals surface area contributed by atoms with Gasteiger partial charge in [-0.2, -0.15) is 0 Å². The van der Waals surface area contributed by atoms with Gasteiger partial charge >= 0.3 is 0 Å². The molecule has 23 heavy (non-hydrogen) atoms. The van der Waals surface area contributed by atoms with Crippen molar-refractivity contribution in [3.05, 3.63) is 29.8 Å². The molecule has 0 saturated carbocycles.